The number of rotatable bonds is 3. The second-order valence-corrected chi connectivity index (χ2v) is 11.0. The van der Waals surface area contributed by atoms with Crippen LogP contribution in [0.4, 0.5) is 0 Å². The van der Waals surface area contributed by atoms with Crippen molar-refractivity contribution >= 4 is 14.2 Å². The summed E-state index contributed by atoms with van der Waals surface area (Å²) in [5.74, 6) is 0.249. The van der Waals surface area contributed by atoms with Crippen LogP contribution >= 0.6 is 0 Å². The molecule has 4 nitrogen and oxygen atoms in total. The molecule has 2 heterocycles. The Balaban J connectivity index is 1.85. The molecular formula is C21H38B2O4. The van der Waals surface area contributed by atoms with Crippen molar-refractivity contribution in [3.63, 3.8) is 0 Å². The quantitative estimate of drug-likeness (QED) is 0.634. The SMILES string of the molecule is C=C(B1OC(C)(C)C(C)(C)O1)C1(C)CCCCC1B1OC(C)(C)C(C)(C)O1. The first kappa shape index (κ1) is 21.4. The smallest absolute Gasteiger partial charge is 0.403 e. The van der Waals surface area contributed by atoms with Crippen molar-refractivity contribution in [3.8, 4) is 0 Å². The third-order valence-electron chi connectivity index (χ3n) is 8.15. The Morgan fingerprint density at radius 3 is 1.67 bits per heavy atom. The zero-order chi connectivity index (χ0) is 20.5. The second kappa shape index (κ2) is 6.35. The Labute approximate surface area is 167 Å². The molecule has 2 saturated heterocycles. The maximum atomic E-state index is 6.45. The molecule has 3 aliphatic rings. The van der Waals surface area contributed by atoms with Crippen LogP contribution in [0.2, 0.25) is 5.82 Å². The second-order valence-electron chi connectivity index (χ2n) is 11.0. The summed E-state index contributed by atoms with van der Waals surface area (Å²) in [7, 11) is -0.609. The molecule has 0 bridgehead atoms. The maximum Gasteiger partial charge on any atom is 0.490 e. The van der Waals surface area contributed by atoms with Gasteiger partial charge in [-0.2, -0.15) is 0 Å². The fraction of sp³-hybridized carbons (Fsp3) is 0.905. The number of hydrogen-bond donors (Lipinski definition) is 0. The van der Waals surface area contributed by atoms with Crippen molar-refractivity contribution in [2.75, 3.05) is 0 Å². The molecule has 2 unspecified atom stereocenters. The van der Waals surface area contributed by atoms with Gasteiger partial charge in [0.1, 0.15) is 0 Å². The lowest BCUT2D eigenvalue weighted by Gasteiger charge is -2.44. The molecule has 6 heteroatoms. The van der Waals surface area contributed by atoms with E-state index in [1.807, 2.05) is 0 Å². The molecule has 3 rings (SSSR count). The molecule has 3 fully saturated rings. The highest BCUT2D eigenvalue weighted by molar-refractivity contribution is 6.56. The Kier molecular flexibility index (Phi) is 5.04. The van der Waals surface area contributed by atoms with Gasteiger partial charge in [-0.05, 0) is 72.7 Å². The molecule has 1 aliphatic carbocycles. The van der Waals surface area contributed by atoms with E-state index in [-0.39, 0.29) is 47.9 Å². The summed E-state index contributed by atoms with van der Waals surface area (Å²) in [4.78, 5) is 0. The van der Waals surface area contributed by atoms with Gasteiger partial charge in [0, 0.05) is 5.82 Å². The minimum atomic E-state index is -0.386. The van der Waals surface area contributed by atoms with Gasteiger partial charge in [-0.15, -0.1) is 6.58 Å². The predicted octanol–water partition coefficient (Wildman–Crippen LogP) is 5.22. The highest BCUT2D eigenvalue weighted by atomic mass is 16.7. The highest BCUT2D eigenvalue weighted by Gasteiger charge is 2.61. The summed E-state index contributed by atoms with van der Waals surface area (Å²) < 4.78 is 25.6. The average Bonchev–Trinajstić information content (AvgIpc) is 2.86. The molecule has 27 heavy (non-hydrogen) atoms. The van der Waals surface area contributed by atoms with Gasteiger partial charge >= 0.3 is 14.2 Å². The van der Waals surface area contributed by atoms with Crippen LogP contribution in [-0.2, 0) is 18.6 Å². The van der Waals surface area contributed by atoms with Crippen molar-refractivity contribution in [1.82, 2.24) is 0 Å². The van der Waals surface area contributed by atoms with Crippen molar-refractivity contribution in [1.29, 1.82) is 0 Å². The maximum absolute atomic E-state index is 6.45. The first-order valence-corrected chi connectivity index (χ1v) is 10.5. The van der Waals surface area contributed by atoms with Crippen LogP contribution in [0.1, 0.15) is 88.0 Å². The van der Waals surface area contributed by atoms with E-state index >= 15 is 0 Å². The topological polar surface area (TPSA) is 36.9 Å². The van der Waals surface area contributed by atoms with Gasteiger partial charge in [0.05, 0.1) is 22.4 Å². The summed E-state index contributed by atoms with van der Waals surface area (Å²) in [6, 6.07) is 0. The molecule has 2 atom stereocenters. The summed E-state index contributed by atoms with van der Waals surface area (Å²) in [5.41, 5.74) is -0.457. The molecule has 1 saturated carbocycles. The Bertz CT molecular complexity index is 581. The van der Waals surface area contributed by atoms with Gasteiger partial charge in [0.15, 0.2) is 0 Å². The van der Waals surface area contributed by atoms with Crippen molar-refractivity contribution in [3.05, 3.63) is 12.1 Å². The van der Waals surface area contributed by atoms with Crippen LogP contribution in [0.3, 0.4) is 0 Å². The fourth-order valence-corrected chi connectivity index (χ4v) is 4.50. The van der Waals surface area contributed by atoms with Crippen LogP contribution in [-0.4, -0.2) is 36.6 Å². The van der Waals surface area contributed by atoms with Crippen molar-refractivity contribution in [2.24, 2.45) is 5.41 Å². The Morgan fingerprint density at radius 2 is 1.19 bits per heavy atom. The summed E-state index contributed by atoms with van der Waals surface area (Å²) in [5, 5.41) is 0. The average molecular weight is 376 g/mol. The summed E-state index contributed by atoms with van der Waals surface area (Å²) in [6.07, 6.45) is 4.52. The van der Waals surface area contributed by atoms with Gasteiger partial charge < -0.3 is 18.6 Å². The third kappa shape index (κ3) is 3.35. The lowest BCUT2D eigenvalue weighted by Crippen LogP contribution is -2.44. The normalized spacial score (nSPS) is 36.9. The van der Waals surface area contributed by atoms with Crippen molar-refractivity contribution < 1.29 is 18.6 Å². The van der Waals surface area contributed by atoms with Crippen LogP contribution in [0, 0.1) is 5.41 Å². The minimum Gasteiger partial charge on any atom is -0.403 e. The van der Waals surface area contributed by atoms with E-state index in [1.54, 1.807) is 0 Å². The Morgan fingerprint density at radius 1 is 0.741 bits per heavy atom. The lowest BCUT2D eigenvalue weighted by molar-refractivity contribution is 0.00578. The van der Waals surface area contributed by atoms with Crippen LogP contribution in [0.15, 0.2) is 12.1 Å². The van der Waals surface area contributed by atoms with E-state index in [4.69, 9.17) is 18.6 Å². The van der Waals surface area contributed by atoms with E-state index in [1.165, 1.54) is 12.8 Å². The van der Waals surface area contributed by atoms with Crippen LogP contribution in [0.25, 0.3) is 0 Å². The lowest BCUT2D eigenvalue weighted by atomic mass is 9.45. The van der Waals surface area contributed by atoms with E-state index in [0.29, 0.717) is 0 Å². The third-order valence-corrected chi connectivity index (χ3v) is 8.15. The largest absolute Gasteiger partial charge is 0.490 e. The van der Waals surface area contributed by atoms with E-state index in [2.05, 4.69) is 68.9 Å². The van der Waals surface area contributed by atoms with Gasteiger partial charge in [0.2, 0.25) is 0 Å². The zero-order valence-corrected chi connectivity index (χ0v) is 18.9. The van der Waals surface area contributed by atoms with Crippen LogP contribution < -0.4 is 0 Å². The minimum absolute atomic E-state index is 0.138. The molecule has 152 valence electrons. The van der Waals surface area contributed by atoms with Gasteiger partial charge in [-0.1, -0.05) is 26.2 Å². The highest BCUT2D eigenvalue weighted by Crippen LogP contribution is 2.56. The number of allylic oxidation sites excluding steroid dienone is 1. The summed E-state index contributed by atoms with van der Waals surface area (Å²) in [6.45, 7) is 23.7. The monoisotopic (exact) mass is 376 g/mol. The van der Waals surface area contributed by atoms with Crippen LogP contribution in [0.5, 0.6) is 0 Å². The Hall–Kier alpha value is -0.290. The molecule has 0 aromatic heterocycles. The zero-order valence-electron chi connectivity index (χ0n) is 18.9. The standard InChI is InChI=1S/C21H38B2O4/c1-15(22-24-17(2,3)18(4,5)25-22)21(10)14-12-11-13-16(21)23-26-19(6,7)20(8,9)27-23/h16H,1,11-14H2,2-10H3. The number of hydrogen-bond acceptors (Lipinski definition) is 4. The van der Waals surface area contributed by atoms with E-state index in [9.17, 15) is 0 Å². The molecule has 0 aromatic carbocycles. The molecule has 0 amide bonds. The summed E-state index contributed by atoms with van der Waals surface area (Å²) >= 11 is 0. The predicted molar refractivity (Wildman–Crippen MR) is 112 cm³/mol. The van der Waals surface area contributed by atoms with Gasteiger partial charge in [-0.25, -0.2) is 0 Å². The van der Waals surface area contributed by atoms with Gasteiger partial charge in [0.25, 0.3) is 0 Å². The molecule has 0 aromatic rings. The molecular weight excluding hydrogens is 338 g/mol. The molecule has 0 N–H and O–H groups in total. The fourth-order valence-electron chi connectivity index (χ4n) is 4.50. The van der Waals surface area contributed by atoms with E-state index in [0.717, 1.165) is 18.3 Å². The first-order chi connectivity index (χ1) is 12.1. The van der Waals surface area contributed by atoms with Crippen molar-refractivity contribution in [2.45, 2.75) is 116 Å². The van der Waals surface area contributed by atoms with Gasteiger partial charge in [-0.3, -0.25) is 0 Å². The molecule has 0 radical (unpaired) electrons. The van der Waals surface area contributed by atoms with E-state index < -0.39 is 0 Å². The molecule has 2 aliphatic heterocycles. The molecule has 0 spiro atoms. The first-order valence-electron chi connectivity index (χ1n) is 10.5.